The molecule has 3 rings (SSSR count). The van der Waals surface area contributed by atoms with Gasteiger partial charge in [-0.2, -0.15) is 5.10 Å². The number of aromatic nitrogens is 4. The van der Waals surface area contributed by atoms with Gasteiger partial charge < -0.3 is 9.88 Å². The maximum Gasteiger partial charge on any atom is 0.224 e. The van der Waals surface area contributed by atoms with Crippen molar-refractivity contribution in [3.63, 3.8) is 0 Å². The number of para-hydroxylation sites is 2. The number of fused-ring (bicyclic) bond motifs is 1. The molecule has 0 saturated carbocycles. The minimum absolute atomic E-state index is 0.0346. The Morgan fingerprint density at radius 3 is 2.67 bits per heavy atom. The van der Waals surface area contributed by atoms with Gasteiger partial charge in [0.1, 0.15) is 5.82 Å². The normalized spacial score (nSPS) is 11.5. The van der Waals surface area contributed by atoms with Crippen LogP contribution in [0.2, 0.25) is 0 Å². The number of carbonyl (C=O) groups is 1. The van der Waals surface area contributed by atoms with Gasteiger partial charge in [-0.25, -0.2) is 4.98 Å². The summed E-state index contributed by atoms with van der Waals surface area (Å²) in [6.45, 7) is 12.5. The van der Waals surface area contributed by atoms with E-state index in [9.17, 15) is 4.79 Å². The molecule has 2 aromatic heterocycles. The minimum Gasteiger partial charge on any atom is -0.354 e. The van der Waals surface area contributed by atoms with Gasteiger partial charge in [-0.1, -0.05) is 26.0 Å². The van der Waals surface area contributed by atoms with Gasteiger partial charge in [0, 0.05) is 30.9 Å². The van der Waals surface area contributed by atoms with Crippen molar-refractivity contribution < 1.29 is 4.79 Å². The maximum absolute atomic E-state index is 12.5. The van der Waals surface area contributed by atoms with Crippen LogP contribution in [-0.4, -0.2) is 31.8 Å². The van der Waals surface area contributed by atoms with Gasteiger partial charge in [-0.05, 0) is 38.8 Å². The summed E-state index contributed by atoms with van der Waals surface area (Å²) in [5.74, 6) is 1.53. The zero-order chi connectivity index (χ0) is 19.6. The Kier molecular flexibility index (Phi) is 5.63. The van der Waals surface area contributed by atoms with Gasteiger partial charge in [-0.15, -0.1) is 0 Å². The molecule has 0 radical (unpaired) electrons. The van der Waals surface area contributed by atoms with Crippen LogP contribution in [0.15, 0.2) is 24.3 Å². The SMILES string of the molecule is Cc1nn(CC(C)C)c(C)c1CC(=O)NCCn1c(C)nc2ccccc21. The van der Waals surface area contributed by atoms with E-state index in [4.69, 9.17) is 0 Å². The second-order valence-electron chi connectivity index (χ2n) is 7.55. The van der Waals surface area contributed by atoms with Crippen LogP contribution >= 0.6 is 0 Å². The summed E-state index contributed by atoms with van der Waals surface area (Å²) in [5.41, 5.74) is 5.17. The fourth-order valence-corrected chi connectivity index (χ4v) is 3.52. The number of rotatable bonds is 7. The first-order valence-electron chi connectivity index (χ1n) is 9.58. The van der Waals surface area contributed by atoms with Gasteiger partial charge in [-0.3, -0.25) is 9.48 Å². The lowest BCUT2D eigenvalue weighted by Gasteiger charge is -2.10. The number of carbonyl (C=O) groups excluding carboxylic acids is 1. The smallest absolute Gasteiger partial charge is 0.224 e. The molecule has 1 N–H and O–H groups in total. The van der Waals surface area contributed by atoms with Crippen molar-refractivity contribution >= 4 is 16.9 Å². The Hall–Kier alpha value is -2.63. The topological polar surface area (TPSA) is 64.7 Å². The average molecular weight is 367 g/mol. The molecule has 0 aliphatic rings. The lowest BCUT2D eigenvalue weighted by atomic mass is 10.1. The largest absolute Gasteiger partial charge is 0.354 e. The molecule has 6 heteroatoms. The van der Waals surface area contributed by atoms with Crippen LogP contribution in [0.25, 0.3) is 11.0 Å². The first-order chi connectivity index (χ1) is 12.9. The average Bonchev–Trinajstić information content (AvgIpc) is 3.06. The van der Waals surface area contributed by atoms with Crippen molar-refractivity contribution in [1.82, 2.24) is 24.6 Å². The molecule has 6 nitrogen and oxygen atoms in total. The van der Waals surface area contributed by atoms with E-state index >= 15 is 0 Å². The number of benzene rings is 1. The van der Waals surface area contributed by atoms with Crippen molar-refractivity contribution in [2.24, 2.45) is 5.92 Å². The molecule has 0 aliphatic carbocycles. The molecular formula is C21H29N5O. The second-order valence-corrected chi connectivity index (χ2v) is 7.55. The van der Waals surface area contributed by atoms with Crippen molar-refractivity contribution in [2.75, 3.05) is 6.54 Å². The highest BCUT2D eigenvalue weighted by Crippen LogP contribution is 2.16. The third-order valence-corrected chi connectivity index (χ3v) is 4.91. The zero-order valence-corrected chi connectivity index (χ0v) is 16.9. The quantitative estimate of drug-likeness (QED) is 0.697. The predicted molar refractivity (Wildman–Crippen MR) is 108 cm³/mol. The summed E-state index contributed by atoms with van der Waals surface area (Å²) >= 11 is 0. The summed E-state index contributed by atoms with van der Waals surface area (Å²) in [4.78, 5) is 17.0. The van der Waals surface area contributed by atoms with E-state index < -0.39 is 0 Å². The van der Waals surface area contributed by atoms with Crippen molar-refractivity contribution in [3.05, 3.63) is 47.0 Å². The van der Waals surface area contributed by atoms with E-state index in [0.29, 0.717) is 25.4 Å². The Labute approximate surface area is 160 Å². The predicted octanol–water partition coefficient (Wildman–Crippen LogP) is 3.17. The third-order valence-electron chi connectivity index (χ3n) is 4.91. The molecule has 0 unspecified atom stereocenters. The van der Waals surface area contributed by atoms with Crippen LogP contribution in [0.1, 0.15) is 36.6 Å². The molecule has 0 spiro atoms. The van der Waals surface area contributed by atoms with Gasteiger partial charge in [0.2, 0.25) is 5.91 Å². The monoisotopic (exact) mass is 367 g/mol. The number of hydrogen-bond acceptors (Lipinski definition) is 3. The van der Waals surface area contributed by atoms with E-state index in [-0.39, 0.29) is 5.91 Å². The molecule has 0 saturated heterocycles. The van der Waals surface area contributed by atoms with Crippen LogP contribution in [0.5, 0.6) is 0 Å². The summed E-state index contributed by atoms with van der Waals surface area (Å²) in [5, 5.41) is 7.64. The van der Waals surface area contributed by atoms with E-state index in [1.165, 1.54) is 0 Å². The highest BCUT2D eigenvalue weighted by atomic mass is 16.1. The van der Waals surface area contributed by atoms with Gasteiger partial charge in [0.15, 0.2) is 0 Å². The summed E-state index contributed by atoms with van der Waals surface area (Å²) in [7, 11) is 0. The second kappa shape index (κ2) is 7.94. The van der Waals surface area contributed by atoms with Crippen LogP contribution < -0.4 is 5.32 Å². The first-order valence-corrected chi connectivity index (χ1v) is 9.58. The molecule has 0 aliphatic heterocycles. The highest BCUT2D eigenvalue weighted by molar-refractivity contribution is 5.79. The number of aryl methyl sites for hydroxylation is 2. The molecular weight excluding hydrogens is 338 g/mol. The van der Waals surface area contributed by atoms with Crippen molar-refractivity contribution in [2.45, 2.75) is 54.1 Å². The molecule has 2 heterocycles. The molecule has 0 fully saturated rings. The Bertz CT molecular complexity index is 951. The van der Waals surface area contributed by atoms with E-state index in [0.717, 1.165) is 40.4 Å². The van der Waals surface area contributed by atoms with Crippen molar-refractivity contribution in [1.29, 1.82) is 0 Å². The summed E-state index contributed by atoms with van der Waals surface area (Å²) in [6, 6.07) is 8.08. The summed E-state index contributed by atoms with van der Waals surface area (Å²) < 4.78 is 4.16. The molecule has 27 heavy (non-hydrogen) atoms. The highest BCUT2D eigenvalue weighted by Gasteiger charge is 2.15. The molecule has 144 valence electrons. The van der Waals surface area contributed by atoms with E-state index in [1.807, 2.05) is 43.7 Å². The van der Waals surface area contributed by atoms with E-state index in [2.05, 4.69) is 39.9 Å². The molecule has 1 amide bonds. The number of imidazole rings is 1. The Morgan fingerprint density at radius 1 is 1.19 bits per heavy atom. The standard InChI is InChI=1S/C21H29N5O/c1-14(2)13-26-16(4)18(15(3)24-26)12-21(27)22-10-11-25-17(5)23-19-8-6-7-9-20(19)25/h6-9,14H,10-13H2,1-5H3,(H,22,27). The number of nitrogens with one attached hydrogen (secondary N) is 1. The summed E-state index contributed by atoms with van der Waals surface area (Å²) in [6.07, 6.45) is 0.374. The van der Waals surface area contributed by atoms with Crippen LogP contribution in [-0.2, 0) is 24.3 Å². The molecule has 0 atom stereocenters. The fourth-order valence-electron chi connectivity index (χ4n) is 3.52. The number of amides is 1. The Morgan fingerprint density at radius 2 is 1.93 bits per heavy atom. The van der Waals surface area contributed by atoms with Gasteiger partial charge in [0.05, 0.1) is 23.1 Å². The van der Waals surface area contributed by atoms with Crippen LogP contribution in [0.4, 0.5) is 0 Å². The molecule has 1 aromatic carbocycles. The lowest BCUT2D eigenvalue weighted by Crippen LogP contribution is -2.29. The van der Waals surface area contributed by atoms with Crippen LogP contribution in [0.3, 0.4) is 0 Å². The Balaban J connectivity index is 1.60. The number of hydrogen-bond donors (Lipinski definition) is 1. The minimum atomic E-state index is 0.0346. The van der Waals surface area contributed by atoms with Crippen molar-refractivity contribution in [3.8, 4) is 0 Å². The lowest BCUT2D eigenvalue weighted by molar-refractivity contribution is -0.120. The number of nitrogens with zero attached hydrogens (tertiary/aromatic N) is 4. The van der Waals surface area contributed by atoms with Crippen LogP contribution in [0, 0.1) is 26.7 Å². The van der Waals surface area contributed by atoms with E-state index in [1.54, 1.807) is 0 Å². The molecule has 3 aromatic rings. The zero-order valence-electron chi connectivity index (χ0n) is 16.9. The maximum atomic E-state index is 12.5. The molecule has 0 bridgehead atoms. The van der Waals surface area contributed by atoms with Gasteiger partial charge >= 0.3 is 0 Å². The van der Waals surface area contributed by atoms with Gasteiger partial charge in [0.25, 0.3) is 0 Å². The first kappa shape index (κ1) is 19.1. The third kappa shape index (κ3) is 4.21. The fraction of sp³-hybridized carbons (Fsp3) is 0.476.